The van der Waals surface area contributed by atoms with Crippen molar-refractivity contribution < 1.29 is 13.9 Å². The van der Waals surface area contributed by atoms with Gasteiger partial charge in [-0.05, 0) is 36.4 Å². The Morgan fingerprint density at radius 1 is 1.06 bits per heavy atom. The molecule has 0 N–H and O–H groups in total. The van der Waals surface area contributed by atoms with Gasteiger partial charge >= 0.3 is 0 Å². The maximum Gasteiger partial charge on any atom is 0.131 e. The predicted molar refractivity (Wildman–Crippen MR) is 68.7 cm³/mol. The SMILES string of the molecule is COc1ccc(OCc2c(F)cccc2Cl)cc1. The van der Waals surface area contributed by atoms with E-state index in [0.29, 0.717) is 16.3 Å². The summed E-state index contributed by atoms with van der Waals surface area (Å²) in [5.74, 6) is 1.01. The lowest BCUT2D eigenvalue weighted by atomic mass is 10.2. The molecule has 0 spiro atoms. The molecule has 0 aliphatic heterocycles. The highest BCUT2D eigenvalue weighted by molar-refractivity contribution is 6.31. The summed E-state index contributed by atoms with van der Waals surface area (Å²) in [4.78, 5) is 0. The Hall–Kier alpha value is -1.74. The van der Waals surface area contributed by atoms with Crippen molar-refractivity contribution >= 4 is 11.6 Å². The molecule has 0 heterocycles. The van der Waals surface area contributed by atoms with Gasteiger partial charge in [-0.3, -0.25) is 0 Å². The average molecular weight is 267 g/mol. The second-order valence-corrected chi connectivity index (χ2v) is 4.07. The Balaban J connectivity index is 2.06. The van der Waals surface area contributed by atoms with E-state index in [1.165, 1.54) is 6.07 Å². The Morgan fingerprint density at radius 3 is 2.33 bits per heavy atom. The molecule has 0 aliphatic carbocycles. The monoisotopic (exact) mass is 266 g/mol. The van der Waals surface area contributed by atoms with E-state index in [2.05, 4.69) is 0 Å². The number of hydrogen-bond donors (Lipinski definition) is 0. The van der Waals surface area contributed by atoms with Crippen LogP contribution in [0.15, 0.2) is 42.5 Å². The number of benzene rings is 2. The topological polar surface area (TPSA) is 18.5 Å². The lowest BCUT2D eigenvalue weighted by molar-refractivity contribution is 0.299. The fourth-order valence-electron chi connectivity index (χ4n) is 1.50. The molecule has 4 heteroatoms. The summed E-state index contributed by atoms with van der Waals surface area (Å²) in [5, 5.41) is 0.364. The summed E-state index contributed by atoms with van der Waals surface area (Å²) in [6.07, 6.45) is 0. The summed E-state index contributed by atoms with van der Waals surface area (Å²) in [6.45, 7) is 0.0951. The number of ether oxygens (including phenoxy) is 2. The minimum absolute atomic E-state index is 0.0951. The van der Waals surface area contributed by atoms with Gasteiger partial charge in [-0.25, -0.2) is 4.39 Å². The van der Waals surface area contributed by atoms with E-state index < -0.39 is 0 Å². The van der Waals surface area contributed by atoms with Crippen LogP contribution >= 0.6 is 11.6 Å². The first kappa shape index (κ1) is 12.7. The van der Waals surface area contributed by atoms with Gasteiger partial charge in [0.1, 0.15) is 23.9 Å². The zero-order chi connectivity index (χ0) is 13.0. The minimum Gasteiger partial charge on any atom is -0.497 e. The number of rotatable bonds is 4. The lowest BCUT2D eigenvalue weighted by Crippen LogP contribution is -1.99. The zero-order valence-electron chi connectivity index (χ0n) is 9.82. The van der Waals surface area contributed by atoms with Crippen molar-refractivity contribution in [3.63, 3.8) is 0 Å². The molecule has 0 fully saturated rings. The van der Waals surface area contributed by atoms with Crippen molar-refractivity contribution in [3.05, 3.63) is 58.9 Å². The quantitative estimate of drug-likeness (QED) is 0.831. The smallest absolute Gasteiger partial charge is 0.131 e. The van der Waals surface area contributed by atoms with Crippen LogP contribution in [0.2, 0.25) is 5.02 Å². The van der Waals surface area contributed by atoms with Gasteiger partial charge in [-0.2, -0.15) is 0 Å². The Bertz CT molecular complexity index is 506. The number of halogens is 2. The highest BCUT2D eigenvalue weighted by Gasteiger charge is 2.07. The molecule has 2 rings (SSSR count). The van der Waals surface area contributed by atoms with Gasteiger partial charge in [0, 0.05) is 5.56 Å². The average Bonchev–Trinajstić information content (AvgIpc) is 2.39. The van der Waals surface area contributed by atoms with Crippen LogP contribution in [0.3, 0.4) is 0 Å². The summed E-state index contributed by atoms with van der Waals surface area (Å²) in [6, 6.07) is 11.6. The third-order valence-electron chi connectivity index (χ3n) is 2.50. The molecule has 0 unspecified atom stereocenters. The third kappa shape index (κ3) is 2.93. The molecule has 0 saturated heterocycles. The van der Waals surface area contributed by atoms with Crippen LogP contribution in [0.4, 0.5) is 4.39 Å². The molecule has 2 aromatic carbocycles. The van der Waals surface area contributed by atoms with Gasteiger partial charge in [-0.1, -0.05) is 17.7 Å². The Labute approximate surface area is 110 Å². The summed E-state index contributed by atoms with van der Waals surface area (Å²) in [5.41, 5.74) is 0.356. The molecule has 2 aromatic rings. The number of methoxy groups -OCH3 is 1. The summed E-state index contributed by atoms with van der Waals surface area (Å²) < 4.78 is 24.0. The molecule has 0 amide bonds. The zero-order valence-corrected chi connectivity index (χ0v) is 10.6. The van der Waals surface area contributed by atoms with E-state index in [1.807, 2.05) is 0 Å². The van der Waals surface area contributed by atoms with Crippen LogP contribution in [0.25, 0.3) is 0 Å². The molecule has 0 aliphatic rings. The molecular weight excluding hydrogens is 255 g/mol. The molecule has 0 saturated carbocycles. The van der Waals surface area contributed by atoms with Gasteiger partial charge in [0.25, 0.3) is 0 Å². The van der Waals surface area contributed by atoms with E-state index >= 15 is 0 Å². The van der Waals surface area contributed by atoms with E-state index in [9.17, 15) is 4.39 Å². The largest absolute Gasteiger partial charge is 0.497 e. The van der Waals surface area contributed by atoms with E-state index in [4.69, 9.17) is 21.1 Å². The summed E-state index contributed by atoms with van der Waals surface area (Å²) in [7, 11) is 1.59. The fraction of sp³-hybridized carbons (Fsp3) is 0.143. The highest BCUT2D eigenvalue weighted by Crippen LogP contribution is 2.22. The first-order chi connectivity index (χ1) is 8.70. The molecule has 0 radical (unpaired) electrons. The van der Waals surface area contributed by atoms with Crippen molar-refractivity contribution in [2.45, 2.75) is 6.61 Å². The normalized spacial score (nSPS) is 10.2. The lowest BCUT2D eigenvalue weighted by Gasteiger charge is -2.09. The number of hydrogen-bond acceptors (Lipinski definition) is 2. The van der Waals surface area contributed by atoms with Crippen LogP contribution in [-0.4, -0.2) is 7.11 Å². The van der Waals surface area contributed by atoms with Crippen molar-refractivity contribution in [2.24, 2.45) is 0 Å². The van der Waals surface area contributed by atoms with Crippen molar-refractivity contribution in [3.8, 4) is 11.5 Å². The molecule has 2 nitrogen and oxygen atoms in total. The fourth-order valence-corrected chi connectivity index (χ4v) is 1.72. The molecule has 0 bridgehead atoms. The molecule has 18 heavy (non-hydrogen) atoms. The van der Waals surface area contributed by atoms with Gasteiger partial charge in [0.15, 0.2) is 0 Å². The minimum atomic E-state index is -0.365. The molecule has 0 aromatic heterocycles. The van der Waals surface area contributed by atoms with Crippen LogP contribution in [0.1, 0.15) is 5.56 Å². The van der Waals surface area contributed by atoms with Gasteiger partial charge < -0.3 is 9.47 Å². The Kier molecular flexibility index (Phi) is 4.05. The van der Waals surface area contributed by atoms with Gasteiger partial charge in [-0.15, -0.1) is 0 Å². The predicted octanol–water partition coefficient (Wildman–Crippen LogP) is 4.07. The first-order valence-corrected chi connectivity index (χ1v) is 5.78. The van der Waals surface area contributed by atoms with Gasteiger partial charge in [0.05, 0.1) is 12.1 Å². The van der Waals surface area contributed by atoms with Crippen LogP contribution < -0.4 is 9.47 Å². The van der Waals surface area contributed by atoms with E-state index in [1.54, 1.807) is 43.5 Å². The molecular formula is C14H12ClFO2. The maximum absolute atomic E-state index is 13.5. The second kappa shape index (κ2) is 5.74. The van der Waals surface area contributed by atoms with E-state index in [-0.39, 0.29) is 12.4 Å². The maximum atomic E-state index is 13.5. The highest BCUT2D eigenvalue weighted by atomic mass is 35.5. The third-order valence-corrected chi connectivity index (χ3v) is 2.86. The van der Waals surface area contributed by atoms with Gasteiger partial charge in [0.2, 0.25) is 0 Å². The first-order valence-electron chi connectivity index (χ1n) is 5.40. The molecule has 94 valence electrons. The Morgan fingerprint density at radius 2 is 1.72 bits per heavy atom. The van der Waals surface area contributed by atoms with Crippen molar-refractivity contribution in [2.75, 3.05) is 7.11 Å². The van der Waals surface area contributed by atoms with Crippen molar-refractivity contribution in [1.29, 1.82) is 0 Å². The van der Waals surface area contributed by atoms with Crippen LogP contribution in [0, 0.1) is 5.82 Å². The second-order valence-electron chi connectivity index (χ2n) is 3.66. The van der Waals surface area contributed by atoms with E-state index in [0.717, 1.165) is 5.75 Å². The summed E-state index contributed by atoms with van der Waals surface area (Å²) >= 11 is 5.90. The van der Waals surface area contributed by atoms with Crippen molar-refractivity contribution in [1.82, 2.24) is 0 Å². The van der Waals surface area contributed by atoms with Crippen LogP contribution in [-0.2, 0) is 6.61 Å². The molecule has 0 atom stereocenters. The standard InChI is InChI=1S/C14H12ClFO2/c1-17-10-5-7-11(8-6-10)18-9-12-13(15)3-2-4-14(12)16/h2-8H,9H2,1H3. The van der Waals surface area contributed by atoms with Crippen LogP contribution in [0.5, 0.6) is 11.5 Å².